The molecular formula is C22H25F3N6O5. The zero-order valence-corrected chi connectivity index (χ0v) is 19.5. The molecule has 2 aliphatic rings. The van der Waals surface area contributed by atoms with Gasteiger partial charge in [0.05, 0.1) is 37.8 Å². The van der Waals surface area contributed by atoms with E-state index in [-0.39, 0.29) is 23.2 Å². The normalized spacial score (nSPS) is 27.7. The summed E-state index contributed by atoms with van der Waals surface area (Å²) in [7, 11) is 1.43. The highest BCUT2D eigenvalue weighted by atomic mass is 19.2. The maximum absolute atomic E-state index is 14.3. The quantitative estimate of drug-likeness (QED) is 0.440. The van der Waals surface area contributed by atoms with Gasteiger partial charge in [0.2, 0.25) is 0 Å². The van der Waals surface area contributed by atoms with Crippen molar-refractivity contribution in [2.24, 2.45) is 0 Å². The summed E-state index contributed by atoms with van der Waals surface area (Å²) in [6.07, 6.45) is -0.418. The molecule has 2 aromatic heterocycles. The topological polar surface area (TPSA) is 130 Å². The molecule has 0 unspecified atom stereocenters. The van der Waals surface area contributed by atoms with Crippen LogP contribution in [-0.2, 0) is 26.2 Å². The van der Waals surface area contributed by atoms with Crippen LogP contribution in [0.15, 0.2) is 24.5 Å². The van der Waals surface area contributed by atoms with E-state index >= 15 is 0 Å². The lowest BCUT2D eigenvalue weighted by Gasteiger charge is -2.43. The monoisotopic (exact) mass is 510 g/mol. The first-order valence-electron chi connectivity index (χ1n) is 11.3. The standard InChI is InChI=1S/C22H25F3N6O5/c1-22(9-35-10-22)31-6-11(26-29-31)5-15-21(34-2)19(20(33)16(8-32)36-15)30-7-14(27-28-30)12-3-4-13(23)18(25)17(12)24/h3-4,6-7,15-16,19-21,32-33H,5,8-10H2,1-2H3/t15-,16-,19+,20+,21+/m1/s1. The first-order valence-corrected chi connectivity index (χ1v) is 11.3. The van der Waals surface area contributed by atoms with E-state index in [0.717, 1.165) is 12.1 Å². The van der Waals surface area contributed by atoms with E-state index in [9.17, 15) is 23.4 Å². The lowest BCUT2D eigenvalue weighted by atomic mass is 9.90. The molecule has 2 fully saturated rings. The average Bonchev–Trinajstić information content (AvgIpc) is 3.52. The summed E-state index contributed by atoms with van der Waals surface area (Å²) in [6.45, 7) is 2.54. The Hall–Kier alpha value is -2.91. The molecule has 14 heteroatoms. The summed E-state index contributed by atoms with van der Waals surface area (Å²) >= 11 is 0. The molecule has 36 heavy (non-hydrogen) atoms. The van der Waals surface area contributed by atoms with Crippen molar-refractivity contribution in [2.75, 3.05) is 26.9 Å². The molecule has 11 nitrogen and oxygen atoms in total. The van der Waals surface area contributed by atoms with Gasteiger partial charge in [-0.2, -0.15) is 0 Å². The van der Waals surface area contributed by atoms with Crippen LogP contribution in [0.1, 0.15) is 18.7 Å². The molecule has 194 valence electrons. The minimum atomic E-state index is -1.63. The largest absolute Gasteiger partial charge is 0.394 e. The van der Waals surface area contributed by atoms with Crippen molar-refractivity contribution >= 4 is 0 Å². The molecule has 5 atom stereocenters. The number of aliphatic hydroxyl groups is 2. The number of nitrogens with zero attached hydrogens (tertiary/aromatic N) is 6. The third-order valence-corrected chi connectivity index (χ3v) is 6.69. The Labute approximate surface area is 203 Å². The smallest absolute Gasteiger partial charge is 0.195 e. The van der Waals surface area contributed by atoms with Crippen molar-refractivity contribution in [1.29, 1.82) is 0 Å². The van der Waals surface area contributed by atoms with Gasteiger partial charge in [-0.1, -0.05) is 10.4 Å². The highest BCUT2D eigenvalue weighted by Gasteiger charge is 2.47. The second-order valence-electron chi connectivity index (χ2n) is 9.23. The number of benzene rings is 1. The van der Waals surface area contributed by atoms with Crippen molar-refractivity contribution in [3.8, 4) is 11.3 Å². The Balaban J connectivity index is 1.43. The molecule has 2 N–H and O–H groups in total. The molecule has 2 aliphatic heterocycles. The van der Waals surface area contributed by atoms with E-state index in [2.05, 4.69) is 20.6 Å². The van der Waals surface area contributed by atoms with Crippen molar-refractivity contribution in [3.63, 3.8) is 0 Å². The summed E-state index contributed by atoms with van der Waals surface area (Å²) in [5.41, 5.74) is -0.0464. The summed E-state index contributed by atoms with van der Waals surface area (Å²) in [4.78, 5) is 0. The molecular weight excluding hydrogens is 485 g/mol. The van der Waals surface area contributed by atoms with Gasteiger partial charge in [-0.3, -0.25) is 0 Å². The number of halogens is 3. The average molecular weight is 510 g/mol. The van der Waals surface area contributed by atoms with E-state index in [1.54, 1.807) is 10.9 Å². The number of ether oxygens (including phenoxy) is 3. The molecule has 0 amide bonds. The number of aliphatic hydroxyl groups excluding tert-OH is 2. The minimum absolute atomic E-state index is 0.0732. The Morgan fingerprint density at radius 2 is 1.89 bits per heavy atom. The maximum Gasteiger partial charge on any atom is 0.195 e. The third-order valence-electron chi connectivity index (χ3n) is 6.69. The summed E-state index contributed by atoms with van der Waals surface area (Å²) in [6, 6.07) is 0.926. The molecule has 5 rings (SSSR count). The minimum Gasteiger partial charge on any atom is -0.394 e. The highest BCUT2D eigenvalue weighted by molar-refractivity contribution is 5.58. The van der Waals surface area contributed by atoms with E-state index in [1.807, 2.05) is 6.92 Å². The first kappa shape index (κ1) is 24.8. The Kier molecular flexibility index (Phi) is 6.55. The fourth-order valence-corrected chi connectivity index (χ4v) is 4.59. The van der Waals surface area contributed by atoms with Crippen LogP contribution in [0.25, 0.3) is 11.3 Å². The van der Waals surface area contributed by atoms with E-state index in [1.165, 1.54) is 18.0 Å². The molecule has 1 aromatic carbocycles. The van der Waals surface area contributed by atoms with E-state index in [0.29, 0.717) is 18.9 Å². The van der Waals surface area contributed by atoms with Crippen molar-refractivity contribution in [2.45, 2.75) is 49.3 Å². The second-order valence-corrected chi connectivity index (χ2v) is 9.23. The molecule has 0 saturated carbocycles. The molecule has 0 spiro atoms. The van der Waals surface area contributed by atoms with Crippen molar-refractivity contribution in [1.82, 2.24) is 30.0 Å². The van der Waals surface area contributed by atoms with Gasteiger partial charge in [0, 0.05) is 25.3 Å². The van der Waals surface area contributed by atoms with Gasteiger partial charge in [-0.25, -0.2) is 22.5 Å². The van der Waals surface area contributed by atoms with Crippen LogP contribution in [-0.4, -0.2) is 91.5 Å². The number of aromatic nitrogens is 6. The Morgan fingerprint density at radius 3 is 2.56 bits per heavy atom. The highest BCUT2D eigenvalue weighted by Crippen LogP contribution is 2.34. The zero-order valence-electron chi connectivity index (χ0n) is 19.5. The lowest BCUT2D eigenvalue weighted by molar-refractivity contribution is -0.212. The van der Waals surface area contributed by atoms with Gasteiger partial charge in [0.15, 0.2) is 17.5 Å². The molecule has 3 aromatic rings. The second kappa shape index (κ2) is 9.52. The third kappa shape index (κ3) is 4.18. The zero-order chi connectivity index (χ0) is 25.6. The molecule has 2 saturated heterocycles. The lowest BCUT2D eigenvalue weighted by Crippen LogP contribution is -2.57. The summed E-state index contributed by atoms with van der Waals surface area (Å²) in [5.74, 6) is -4.36. The first-order chi connectivity index (χ1) is 17.3. The predicted molar refractivity (Wildman–Crippen MR) is 115 cm³/mol. The molecule has 0 aliphatic carbocycles. The van der Waals surface area contributed by atoms with Crippen LogP contribution in [0.2, 0.25) is 0 Å². The Morgan fingerprint density at radius 1 is 1.11 bits per heavy atom. The van der Waals surface area contributed by atoms with Crippen LogP contribution < -0.4 is 0 Å². The fourth-order valence-electron chi connectivity index (χ4n) is 4.59. The summed E-state index contributed by atoms with van der Waals surface area (Å²) in [5, 5.41) is 37.1. The molecule has 4 heterocycles. The Bertz CT molecular complexity index is 1230. The molecule has 0 bridgehead atoms. The van der Waals surface area contributed by atoms with Gasteiger partial charge < -0.3 is 24.4 Å². The number of methoxy groups -OCH3 is 1. The predicted octanol–water partition coefficient (Wildman–Crippen LogP) is 0.619. The van der Waals surface area contributed by atoms with E-state index in [4.69, 9.17) is 14.2 Å². The molecule has 0 radical (unpaired) electrons. The SMILES string of the molecule is CO[C@@H]1[C@@H](n2cc(-c3ccc(F)c(F)c3F)nn2)[C@@H](O)[C@@H](CO)O[C@@H]1Cc1cn(C2(C)COC2)nn1. The van der Waals surface area contributed by atoms with Gasteiger partial charge in [0.1, 0.15) is 35.6 Å². The maximum atomic E-state index is 14.3. The van der Waals surface area contributed by atoms with Gasteiger partial charge in [-0.05, 0) is 19.1 Å². The van der Waals surface area contributed by atoms with Gasteiger partial charge in [-0.15, -0.1) is 10.2 Å². The number of hydrogen-bond acceptors (Lipinski definition) is 9. The van der Waals surface area contributed by atoms with Crippen LogP contribution in [0.5, 0.6) is 0 Å². The van der Waals surface area contributed by atoms with Crippen LogP contribution >= 0.6 is 0 Å². The summed E-state index contributed by atoms with van der Waals surface area (Å²) < 4.78 is 61.3. The van der Waals surface area contributed by atoms with Crippen molar-refractivity contribution in [3.05, 3.63) is 47.7 Å². The van der Waals surface area contributed by atoms with Gasteiger partial charge >= 0.3 is 0 Å². The van der Waals surface area contributed by atoms with Crippen LogP contribution in [0.4, 0.5) is 13.2 Å². The van der Waals surface area contributed by atoms with Crippen molar-refractivity contribution < 1.29 is 37.6 Å². The fraction of sp³-hybridized carbons (Fsp3) is 0.545. The van der Waals surface area contributed by atoms with Crippen LogP contribution in [0.3, 0.4) is 0 Å². The van der Waals surface area contributed by atoms with Crippen LogP contribution in [0, 0.1) is 17.5 Å². The number of rotatable bonds is 7. The number of hydrogen-bond donors (Lipinski definition) is 2. The van der Waals surface area contributed by atoms with E-state index < -0.39 is 54.5 Å². The van der Waals surface area contributed by atoms with Gasteiger partial charge in [0.25, 0.3) is 0 Å².